The van der Waals surface area contributed by atoms with Crippen LogP contribution in [0.5, 0.6) is 0 Å². The van der Waals surface area contributed by atoms with E-state index in [1.165, 1.54) is 18.2 Å². The Hall–Kier alpha value is -1.42. The van der Waals surface area contributed by atoms with E-state index >= 15 is 0 Å². The Morgan fingerprint density at radius 1 is 1.62 bits per heavy atom. The van der Waals surface area contributed by atoms with Gasteiger partial charge < -0.3 is 11.1 Å². The van der Waals surface area contributed by atoms with Crippen molar-refractivity contribution in [1.82, 2.24) is 0 Å². The fraction of sp³-hybridized carbons (Fsp3) is 0.222. The molecule has 0 radical (unpaired) electrons. The zero-order valence-corrected chi connectivity index (χ0v) is 7.25. The van der Waals surface area contributed by atoms with E-state index in [0.29, 0.717) is 5.69 Å². The number of hydrogen-bond donors (Lipinski definition) is 2. The lowest BCUT2D eigenvalue weighted by molar-refractivity contribution is -0.117. The Balaban J connectivity index is 2.69. The van der Waals surface area contributed by atoms with E-state index in [2.05, 4.69) is 5.32 Å². The molecule has 0 spiro atoms. The molecule has 0 heterocycles. The molecule has 1 amide bonds. The fourth-order valence-corrected chi connectivity index (χ4v) is 0.822. The molecule has 4 heteroatoms. The van der Waals surface area contributed by atoms with E-state index in [9.17, 15) is 9.18 Å². The number of nitrogens with one attached hydrogen (secondary N) is 1. The summed E-state index contributed by atoms with van der Waals surface area (Å²) >= 11 is 0. The van der Waals surface area contributed by atoms with E-state index in [1.54, 1.807) is 13.0 Å². The van der Waals surface area contributed by atoms with Crippen molar-refractivity contribution in [2.24, 2.45) is 5.73 Å². The normalized spacial score (nSPS) is 12.2. The first-order valence-corrected chi connectivity index (χ1v) is 3.91. The lowest BCUT2D eigenvalue weighted by Gasteiger charge is -2.06. The van der Waals surface area contributed by atoms with Crippen molar-refractivity contribution in [3.63, 3.8) is 0 Å². The number of rotatable bonds is 2. The lowest BCUT2D eigenvalue weighted by Crippen LogP contribution is -2.32. The van der Waals surface area contributed by atoms with Crippen molar-refractivity contribution >= 4 is 11.6 Å². The predicted octanol–water partition coefficient (Wildman–Crippen LogP) is 1.11. The average Bonchev–Trinajstić information content (AvgIpc) is 2.04. The van der Waals surface area contributed by atoms with Crippen molar-refractivity contribution in [2.75, 3.05) is 5.32 Å². The summed E-state index contributed by atoms with van der Waals surface area (Å²) in [5.74, 6) is -0.715. The summed E-state index contributed by atoms with van der Waals surface area (Å²) in [7, 11) is 0. The number of hydrogen-bond acceptors (Lipinski definition) is 2. The van der Waals surface area contributed by atoms with Crippen LogP contribution in [0.15, 0.2) is 24.3 Å². The Labute approximate surface area is 75.7 Å². The topological polar surface area (TPSA) is 55.1 Å². The average molecular weight is 182 g/mol. The molecular weight excluding hydrogens is 171 g/mol. The molecule has 0 aliphatic rings. The highest BCUT2D eigenvalue weighted by molar-refractivity contribution is 5.94. The molecule has 0 saturated heterocycles. The zero-order valence-electron chi connectivity index (χ0n) is 7.25. The van der Waals surface area contributed by atoms with Gasteiger partial charge in [-0.25, -0.2) is 4.39 Å². The van der Waals surface area contributed by atoms with Crippen LogP contribution < -0.4 is 11.1 Å². The van der Waals surface area contributed by atoms with Gasteiger partial charge >= 0.3 is 0 Å². The highest BCUT2D eigenvalue weighted by Crippen LogP contribution is 2.08. The molecule has 0 aromatic heterocycles. The van der Waals surface area contributed by atoms with E-state index in [-0.39, 0.29) is 11.7 Å². The molecular formula is C9H11FN2O. The van der Waals surface area contributed by atoms with Crippen molar-refractivity contribution in [3.05, 3.63) is 30.1 Å². The van der Waals surface area contributed by atoms with Crippen LogP contribution in [0.25, 0.3) is 0 Å². The second-order valence-electron chi connectivity index (χ2n) is 2.79. The van der Waals surface area contributed by atoms with Crippen molar-refractivity contribution in [2.45, 2.75) is 13.0 Å². The van der Waals surface area contributed by atoms with Crippen LogP contribution in [0.4, 0.5) is 10.1 Å². The van der Waals surface area contributed by atoms with Crippen LogP contribution in [0, 0.1) is 5.82 Å². The Kier molecular flexibility index (Phi) is 2.97. The van der Waals surface area contributed by atoms with Crippen LogP contribution in [0.3, 0.4) is 0 Å². The number of carbonyl (C=O) groups excluding carboxylic acids is 1. The summed E-state index contributed by atoms with van der Waals surface area (Å²) in [5, 5.41) is 2.48. The molecule has 70 valence electrons. The smallest absolute Gasteiger partial charge is 0.241 e. The molecule has 1 rings (SSSR count). The first kappa shape index (κ1) is 9.67. The summed E-state index contributed by atoms with van der Waals surface area (Å²) in [6.07, 6.45) is 0. The highest BCUT2D eigenvalue weighted by Gasteiger charge is 2.06. The minimum atomic E-state index is -0.594. The maximum absolute atomic E-state index is 12.6. The molecule has 0 saturated carbocycles. The van der Waals surface area contributed by atoms with Crippen molar-refractivity contribution in [1.29, 1.82) is 0 Å². The third kappa shape index (κ3) is 2.83. The van der Waals surface area contributed by atoms with Crippen LogP contribution in [-0.4, -0.2) is 11.9 Å². The van der Waals surface area contributed by atoms with Crippen molar-refractivity contribution in [3.8, 4) is 0 Å². The molecule has 3 N–H and O–H groups in total. The second-order valence-corrected chi connectivity index (χ2v) is 2.79. The minimum absolute atomic E-state index is 0.328. The van der Waals surface area contributed by atoms with Gasteiger partial charge in [-0.3, -0.25) is 4.79 Å². The Morgan fingerprint density at radius 2 is 2.31 bits per heavy atom. The SMILES string of the molecule is CC(N)C(=O)Nc1cccc(F)c1. The maximum Gasteiger partial charge on any atom is 0.241 e. The molecule has 3 nitrogen and oxygen atoms in total. The van der Waals surface area contributed by atoms with Gasteiger partial charge in [-0.1, -0.05) is 6.07 Å². The van der Waals surface area contributed by atoms with Gasteiger partial charge in [0.2, 0.25) is 5.91 Å². The van der Waals surface area contributed by atoms with Gasteiger partial charge in [0, 0.05) is 5.69 Å². The van der Waals surface area contributed by atoms with Gasteiger partial charge in [0.05, 0.1) is 6.04 Å². The van der Waals surface area contributed by atoms with Gasteiger partial charge in [0.15, 0.2) is 0 Å². The first-order chi connectivity index (χ1) is 6.09. The number of benzene rings is 1. The van der Waals surface area contributed by atoms with Crippen LogP contribution >= 0.6 is 0 Å². The molecule has 0 aliphatic carbocycles. The third-order valence-corrected chi connectivity index (χ3v) is 1.51. The predicted molar refractivity (Wildman–Crippen MR) is 48.7 cm³/mol. The van der Waals surface area contributed by atoms with E-state index < -0.39 is 6.04 Å². The van der Waals surface area contributed by atoms with Crippen LogP contribution in [0.1, 0.15) is 6.92 Å². The fourth-order valence-electron chi connectivity index (χ4n) is 0.822. The molecule has 1 atom stereocenters. The molecule has 1 aromatic rings. The molecule has 1 aromatic carbocycles. The summed E-state index contributed by atoms with van der Waals surface area (Å²) in [6, 6.07) is 5.07. The molecule has 0 aliphatic heterocycles. The lowest BCUT2D eigenvalue weighted by atomic mass is 10.3. The largest absolute Gasteiger partial charge is 0.325 e. The van der Waals surface area contributed by atoms with Gasteiger partial charge in [-0.15, -0.1) is 0 Å². The minimum Gasteiger partial charge on any atom is -0.325 e. The first-order valence-electron chi connectivity index (χ1n) is 3.91. The Morgan fingerprint density at radius 3 is 2.85 bits per heavy atom. The monoisotopic (exact) mass is 182 g/mol. The van der Waals surface area contributed by atoms with Gasteiger partial charge in [0.1, 0.15) is 5.82 Å². The van der Waals surface area contributed by atoms with Gasteiger partial charge in [-0.2, -0.15) is 0 Å². The van der Waals surface area contributed by atoms with Gasteiger partial charge in [0.25, 0.3) is 0 Å². The quantitative estimate of drug-likeness (QED) is 0.719. The summed E-state index contributed by atoms with van der Waals surface area (Å²) in [5.41, 5.74) is 5.73. The van der Waals surface area contributed by atoms with Crippen LogP contribution in [0.2, 0.25) is 0 Å². The molecule has 13 heavy (non-hydrogen) atoms. The molecule has 1 unspecified atom stereocenters. The maximum atomic E-state index is 12.6. The summed E-state index contributed by atoms with van der Waals surface area (Å²) in [4.78, 5) is 11.1. The van der Waals surface area contributed by atoms with Gasteiger partial charge in [-0.05, 0) is 25.1 Å². The number of nitrogens with two attached hydrogens (primary N) is 1. The number of amides is 1. The third-order valence-electron chi connectivity index (χ3n) is 1.51. The van der Waals surface area contributed by atoms with Crippen molar-refractivity contribution < 1.29 is 9.18 Å². The van der Waals surface area contributed by atoms with E-state index in [0.717, 1.165) is 0 Å². The molecule has 0 bridgehead atoms. The number of anilines is 1. The highest BCUT2D eigenvalue weighted by atomic mass is 19.1. The summed E-state index contributed by atoms with van der Waals surface area (Å²) < 4.78 is 12.6. The molecule has 0 fully saturated rings. The zero-order chi connectivity index (χ0) is 9.84. The van der Waals surface area contributed by atoms with Crippen LogP contribution in [-0.2, 0) is 4.79 Å². The second kappa shape index (κ2) is 4.00. The Bertz CT molecular complexity index is 312. The standard InChI is InChI=1S/C9H11FN2O/c1-6(11)9(13)12-8-4-2-3-7(10)5-8/h2-6H,11H2,1H3,(H,12,13). The summed E-state index contributed by atoms with van der Waals surface area (Å²) in [6.45, 7) is 1.56. The van der Waals surface area contributed by atoms with E-state index in [1.807, 2.05) is 0 Å². The number of halogens is 1. The van der Waals surface area contributed by atoms with E-state index in [4.69, 9.17) is 5.73 Å². The number of carbonyl (C=O) groups is 1.